The molecule has 1 unspecified atom stereocenters. The Bertz CT molecular complexity index is 619. The third kappa shape index (κ3) is 4.62. The van der Waals surface area contributed by atoms with Crippen molar-refractivity contribution in [2.24, 2.45) is 0 Å². The lowest BCUT2D eigenvalue weighted by Gasteiger charge is -2.11. The molecule has 22 heavy (non-hydrogen) atoms. The minimum Gasteiger partial charge on any atom is -0.326 e. The summed E-state index contributed by atoms with van der Waals surface area (Å²) in [6.45, 7) is 0.875. The van der Waals surface area contributed by atoms with Crippen molar-refractivity contribution in [3.8, 4) is 0 Å². The van der Waals surface area contributed by atoms with Gasteiger partial charge in [0.05, 0.1) is 4.90 Å². The molecule has 1 aromatic rings. The monoisotopic (exact) mass is 354 g/mol. The van der Waals surface area contributed by atoms with Crippen LogP contribution in [-0.4, -0.2) is 32.7 Å². The van der Waals surface area contributed by atoms with Crippen molar-refractivity contribution in [1.82, 2.24) is 5.32 Å². The van der Waals surface area contributed by atoms with Crippen LogP contribution in [0.4, 0.5) is 14.5 Å². The Labute approximate surface area is 133 Å². The van der Waals surface area contributed by atoms with E-state index < -0.39 is 20.5 Å². The Morgan fingerprint density at radius 2 is 2.14 bits per heavy atom. The number of carbonyl (C=O) groups excluding carboxylic acids is 1. The second-order valence-corrected chi connectivity index (χ2v) is 6.80. The first-order valence-corrected chi connectivity index (χ1v) is 8.09. The standard InChI is InChI=1S/C13H16F2N2O3S.ClH/c14-13(15)21(19,20)11-5-1-3-10(7-11)17-12(18)8-9-4-2-6-16-9;/h1,3,5,7,9,13,16H,2,4,6,8H2,(H,17,18);1H. The van der Waals surface area contributed by atoms with Gasteiger partial charge < -0.3 is 10.6 Å². The molecule has 0 aromatic heterocycles. The van der Waals surface area contributed by atoms with E-state index in [2.05, 4.69) is 10.6 Å². The molecule has 1 aromatic carbocycles. The van der Waals surface area contributed by atoms with E-state index in [1.807, 2.05) is 0 Å². The number of hydrogen-bond donors (Lipinski definition) is 2. The first-order chi connectivity index (χ1) is 9.89. The molecule has 0 spiro atoms. The van der Waals surface area contributed by atoms with Gasteiger partial charge in [-0.25, -0.2) is 8.42 Å². The fourth-order valence-corrected chi connectivity index (χ4v) is 2.99. The van der Waals surface area contributed by atoms with Crippen molar-refractivity contribution >= 4 is 33.8 Å². The van der Waals surface area contributed by atoms with Crippen LogP contribution in [-0.2, 0) is 14.6 Å². The topological polar surface area (TPSA) is 75.3 Å². The molecule has 1 amide bonds. The number of alkyl halides is 2. The van der Waals surface area contributed by atoms with Crippen LogP contribution in [0.25, 0.3) is 0 Å². The SMILES string of the molecule is Cl.O=C(CC1CCCN1)Nc1cccc(S(=O)(=O)C(F)F)c1. The molecule has 5 nitrogen and oxygen atoms in total. The molecular weight excluding hydrogens is 338 g/mol. The Hall–Kier alpha value is -1.25. The molecule has 9 heteroatoms. The highest BCUT2D eigenvalue weighted by Crippen LogP contribution is 2.21. The summed E-state index contributed by atoms with van der Waals surface area (Å²) in [5.41, 5.74) is 0.194. The fourth-order valence-electron chi connectivity index (χ4n) is 2.22. The highest BCUT2D eigenvalue weighted by molar-refractivity contribution is 7.91. The number of sulfone groups is 1. The Balaban J connectivity index is 0.00000242. The van der Waals surface area contributed by atoms with Crippen molar-refractivity contribution in [3.05, 3.63) is 24.3 Å². The molecule has 1 atom stereocenters. The third-order valence-electron chi connectivity index (χ3n) is 3.28. The van der Waals surface area contributed by atoms with Crippen molar-refractivity contribution in [2.45, 2.75) is 36.0 Å². The summed E-state index contributed by atoms with van der Waals surface area (Å²) in [6.07, 6.45) is 2.19. The van der Waals surface area contributed by atoms with Gasteiger partial charge in [-0.3, -0.25) is 4.79 Å². The summed E-state index contributed by atoms with van der Waals surface area (Å²) < 4.78 is 47.7. The minimum absolute atomic E-state index is 0. The van der Waals surface area contributed by atoms with Gasteiger partial charge in [-0.1, -0.05) is 6.07 Å². The van der Waals surface area contributed by atoms with Crippen LogP contribution in [0.15, 0.2) is 29.2 Å². The molecule has 0 bridgehead atoms. The molecule has 2 rings (SSSR count). The molecule has 1 heterocycles. The first-order valence-electron chi connectivity index (χ1n) is 6.55. The molecule has 1 aliphatic heterocycles. The first kappa shape index (κ1) is 18.8. The number of nitrogens with one attached hydrogen (secondary N) is 2. The van der Waals surface area contributed by atoms with Crippen LogP contribution >= 0.6 is 12.4 Å². The molecule has 124 valence electrons. The van der Waals surface area contributed by atoms with Crippen molar-refractivity contribution in [2.75, 3.05) is 11.9 Å². The van der Waals surface area contributed by atoms with Gasteiger partial charge in [0.15, 0.2) is 0 Å². The van der Waals surface area contributed by atoms with Crippen molar-refractivity contribution in [3.63, 3.8) is 0 Å². The van der Waals surface area contributed by atoms with Crippen LogP contribution in [0.2, 0.25) is 0 Å². The summed E-state index contributed by atoms with van der Waals surface area (Å²) in [5, 5.41) is 5.70. The molecule has 1 saturated heterocycles. The Morgan fingerprint density at radius 3 is 2.73 bits per heavy atom. The largest absolute Gasteiger partial charge is 0.341 e. The fraction of sp³-hybridized carbons (Fsp3) is 0.462. The molecule has 0 radical (unpaired) electrons. The molecule has 0 saturated carbocycles. The molecule has 2 N–H and O–H groups in total. The van der Waals surface area contributed by atoms with Gasteiger partial charge >= 0.3 is 5.76 Å². The Kier molecular flexibility index (Phi) is 6.70. The number of anilines is 1. The smallest absolute Gasteiger partial charge is 0.326 e. The average molecular weight is 355 g/mol. The van der Waals surface area contributed by atoms with Crippen LogP contribution in [0, 0.1) is 0 Å². The van der Waals surface area contributed by atoms with Crippen LogP contribution in [0.3, 0.4) is 0 Å². The molecule has 0 aliphatic carbocycles. The normalized spacial score (nSPS) is 18.0. The number of carbonyl (C=O) groups is 1. The van der Waals surface area contributed by atoms with E-state index in [1.165, 1.54) is 12.1 Å². The molecule has 1 fully saturated rings. The molecule has 1 aliphatic rings. The molecular formula is C13H17ClF2N2O3S. The van der Waals surface area contributed by atoms with Crippen LogP contribution < -0.4 is 10.6 Å². The maximum atomic E-state index is 12.5. The summed E-state index contributed by atoms with van der Waals surface area (Å²) in [5.74, 6) is -3.76. The van der Waals surface area contributed by atoms with Gasteiger partial charge in [0.1, 0.15) is 0 Å². The maximum Gasteiger partial charge on any atom is 0.341 e. The van der Waals surface area contributed by atoms with Gasteiger partial charge in [0.25, 0.3) is 0 Å². The summed E-state index contributed by atoms with van der Waals surface area (Å²) in [4.78, 5) is 11.3. The number of hydrogen-bond acceptors (Lipinski definition) is 4. The van der Waals surface area contributed by atoms with Gasteiger partial charge in [-0.2, -0.15) is 8.78 Å². The van der Waals surface area contributed by atoms with Crippen molar-refractivity contribution < 1.29 is 22.0 Å². The average Bonchev–Trinajstić information content (AvgIpc) is 2.91. The summed E-state index contributed by atoms with van der Waals surface area (Å²) >= 11 is 0. The van der Waals surface area contributed by atoms with Gasteiger partial charge in [0.2, 0.25) is 15.7 Å². The number of benzene rings is 1. The van der Waals surface area contributed by atoms with E-state index in [0.29, 0.717) is 0 Å². The van der Waals surface area contributed by atoms with E-state index in [9.17, 15) is 22.0 Å². The van der Waals surface area contributed by atoms with E-state index in [0.717, 1.165) is 31.5 Å². The Morgan fingerprint density at radius 1 is 1.41 bits per heavy atom. The zero-order chi connectivity index (χ0) is 15.5. The minimum atomic E-state index is -4.65. The maximum absolute atomic E-state index is 12.5. The lowest BCUT2D eigenvalue weighted by atomic mass is 10.1. The van der Waals surface area contributed by atoms with Gasteiger partial charge in [-0.15, -0.1) is 12.4 Å². The second kappa shape index (κ2) is 7.85. The predicted molar refractivity (Wildman–Crippen MR) is 81.2 cm³/mol. The van der Waals surface area contributed by atoms with Gasteiger partial charge in [-0.05, 0) is 37.6 Å². The zero-order valence-corrected chi connectivity index (χ0v) is 13.2. The van der Waals surface area contributed by atoms with Crippen LogP contribution in [0.1, 0.15) is 19.3 Å². The lowest BCUT2D eigenvalue weighted by Crippen LogP contribution is -2.27. The number of halogens is 3. The van der Waals surface area contributed by atoms with E-state index in [4.69, 9.17) is 0 Å². The third-order valence-corrected chi connectivity index (χ3v) is 4.66. The number of amides is 1. The zero-order valence-electron chi connectivity index (χ0n) is 11.6. The van der Waals surface area contributed by atoms with E-state index in [1.54, 1.807) is 0 Å². The van der Waals surface area contributed by atoms with Crippen molar-refractivity contribution in [1.29, 1.82) is 0 Å². The van der Waals surface area contributed by atoms with E-state index in [-0.39, 0.29) is 36.5 Å². The highest BCUT2D eigenvalue weighted by atomic mass is 35.5. The highest BCUT2D eigenvalue weighted by Gasteiger charge is 2.26. The lowest BCUT2D eigenvalue weighted by molar-refractivity contribution is -0.116. The summed E-state index contributed by atoms with van der Waals surface area (Å²) in [6, 6.07) is 5.01. The quantitative estimate of drug-likeness (QED) is 0.850. The number of rotatable bonds is 5. The predicted octanol–water partition coefficient (Wildman–Crippen LogP) is 2.19. The van der Waals surface area contributed by atoms with Gasteiger partial charge in [0, 0.05) is 18.2 Å². The second-order valence-electron chi connectivity index (χ2n) is 4.88. The van der Waals surface area contributed by atoms with E-state index >= 15 is 0 Å². The summed E-state index contributed by atoms with van der Waals surface area (Å²) in [7, 11) is -4.65. The van der Waals surface area contributed by atoms with Crippen LogP contribution in [0.5, 0.6) is 0 Å².